The average molecular weight is 263 g/mol. The molecule has 0 saturated carbocycles. The van der Waals surface area contributed by atoms with Gasteiger partial charge in [0.2, 0.25) is 0 Å². The number of esters is 1. The van der Waals surface area contributed by atoms with Gasteiger partial charge in [0.15, 0.2) is 0 Å². The Morgan fingerprint density at radius 1 is 1.50 bits per heavy atom. The average Bonchev–Trinajstić information content (AvgIpc) is 2.67. The molecular weight excluding hydrogens is 248 g/mol. The van der Waals surface area contributed by atoms with Crippen LogP contribution in [0.25, 0.3) is 0 Å². The molecule has 1 heterocycles. The van der Waals surface area contributed by atoms with Crippen molar-refractivity contribution in [2.75, 3.05) is 19.8 Å². The molecule has 0 N–H and O–H groups in total. The van der Waals surface area contributed by atoms with Crippen LogP contribution in [0.2, 0.25) is 0 Å². The molecule has 0 unspecified atom stereocenters. The van der Waals surface area contributed by atoms with Crippen LogP contribution < -0.4 is 0 Å². The SMILES string of the molecule is CCOC(=O)c1nc(CCOCC(F)F)n(C)n1. The van der Waals surface area contributed by atoms with Crippen LogP contribution in [0.15, 0.2) is 0 Å². The predicted octanol–water partition coefficient (Wildman–Crippen LogP) is 0.816. The lowest BCUT2D eigenvalue weighted by molar-refractivity contribution is 0.0181. The molecule has 0 aliphatic rings. The van der Waals surface area contributed by atoms with Gasteiger partial charge in [-0.25, -0.2) is 18.6 Å². The second-order valence-corrected chi connectivity index (χ2v) is 3.41. The van der Waals surface area contributed by atoms with E-state index in [0.29, 0.717) is 12.2 Å². The van der Waals surface area contributed by atoms with Crippen molar-refractivity contribution in [3.8, 4) is 0 Å². The minimum Gasteiger partial charge on any atom is -0.460 e. The van der Waals surface area contributed by atoms with Gasteiger partial charge < -0.3 is 9.47 Å². The summed E-state index contributed by atoms with van der Waals surface area (Å²) in [6.45, 7) is 1.41. The summed E-state index contributed by atoms with van der Waals surface area (Å²) < 4.78 is 34.5. The summed E-state index contributed by atoms with van der Waals surface area (Å²) in [5.74, 6) is -0.164. The fourth-order valence-corrected chi connectivity index (χ4v) is 1.25. The molecule has 0 amide bonds. The molecule has 0 spiro atoms. The van der Waals surface area contributed by atoms with Crippen molar-refractivity contribution in [2.45, 2.75) is 19.8 Å². The molecule has 1 aromatic heterocycles. The van der Waals surface area contributed by atoms with Crippen molar-refractivity contribution in [1.82, 2.24) is 14.8 Å². The van der Waals surface area contributed by atoms with E-state index in [0.717, 1.165) is 0 Å². The molecule has 1 rings (SSSR count). The first-order valence-electron chi connectivity index (χ1n) is 5.47. The Kier molecular flexibility index (Phi) is 5.63. The summed E-state index contributed by atoms with van der Waals surface area (Å²) in [5, 5.41) is 3.87. The second-order valence-electron chi connectivity index (χ2n) is 3.41. The third-order valence-electron chi connectivity index (χ3n) is 2.03. The highest BCUT2D eigenvalue weighted by Crippen LogP contribution is 2.01. The maximum atomic E-state index is 11.8. The molecular formula is C10H15F2N3O3. The number of halogens is 2. The van der Waals surface area contributed by atoms with Gasteiger partial charge in [-0.15, -0.1) is 5.10 Å². The van der Waals surface area contributed by atoms with Crippen LogP contribution in [0.4, 0.5) is 8.78 Å². The van der Waals surface area contributed by atoms with Gasteiger partial charge in [-0.05, 0) is 6.92 Å². The van der Waals surface area contributed by atoms with E-state index in [9.17, 15) is 13.6 Å². The number of alkyl halides is 2. The number of hydrogen-bond acceptors (Lipinski definition) is 5. The van der Waals surface area contributed by atoms with Gasteiger partial charge in [0, 0.05) is 13.5 Å². The van der Waals surface area contributed by atoms with Crippen molar-refractivity contribution >= 4 is 5.97 Å². The van der Waals surface area contributed by atoms with Crippen molar-refractivity contribution in [1.29, 1.82) is 0 Å². The first kappa shape index (κ1) is 14.5. The van der Waals surface area contributed by atoms with E-state index in [1.807, 2.05) is 0 Å². The van der Waals surface area contributed by atoms with Gasteiger partial charge in [-0.2, -0.15) is 0 Å². The van der Waals surface area contributed by atoms with Gasteiger partial charge in [-0.3, -0.25) is 4.68 Å². The molecule has 0 saturated heterocycles. The van der Waals surface area contributed by atoms with Crippen molar-refractivity contribution < 1.29 is 23.0 Å². The number of carbonyl (C=O) groups is 1. The molecule has 8 heteroatoms. The number of nitrogens with zero attached hydrogens (tertiary/aromatic N) is 3. The Balaban J connectivity index is 2.49. The Bertz CT molecular complexity index is 396. The minimum atomic E-state index is -2.49. The zero-order valence-electron chi connectivity index (χ0n) is 10.2. The lowest BCUT2D eigenvalue weighted by atomic mass is 10.4. The van der Waals surface area contributed by atoms with Gasteiger partial charge in [-0.1, -0.05) is 0 Å². The normalized spacial score (nSPS) is 10.9. The van der Waals surface area contributed by atoms with Crippen LogP contribution in [0.3, 0.4) is 0 Å². The summed E-state index contributed by atoms with van der Waals surface area (Å²) in [6, 6.07) is 0. The molecule has 0 aromatic carbocycles. The summed E-state index contributed by atoms with van der Waals surface area (Å²) >= 11 is 0. The third-order valence-corrected chi connectivity index (χ3v) is 2.03. The summed E-state index contributed by atoms with van der Waals surface area (Å²) in [7, 11) is 1.61. The molecule has 0 atom stereocenters. The van der Waals surface area contributed by atoms with E-state index < -0.39 is 19.0 Å². The van der Waals surface area contributed by atoms with Crippen LogP contribution >= 0.6 is 0 Å². The molecule has 0 radical (unpaired) electrons. The monoisotopic (exact) mass is 263 g/mol. The Morgan fingerprint density at radius 2 is 2.22 bits per heavy atom. The summed E-state index contributed by atoms with van der Waals surface area (Å²) in [4.78, 5) is 15.3. The highest BCUT2D eigenvalue weighted by Gasteiger charge is 2.15. The van der Waals surface area contributed by atoms with E-state index in [1.165, 1.54) is 4.68 Å². The predicted molar refractivity (Wildman–Crippen MR) is 57.5 cm³/mol. The van der Waals surface area contributed by atoms with Crippen LogP contribution in [-0.2, 0) is 22.9 Å². The lowest BCUT2D eigenvalue weighted by Crippen LogP contribution is -2.09. The number of aromatic nitrogens is 3. The number of rotatable bonds is 7. The molecule has 0 aliphatic heterocycles. The van der Waals surface area contributed by atoms with E-state index in [1.54, 1.807) is 14.0 Å². The van der Waals surface area contributed by atoms with Crippen LogP contribution in [0, 0.1) is 0 Å². The summed E-state index contributed by atoms with van der Waals surface area (Å²) in [6.07, 6.45) is -2.19. The molecule has 0 fully saturated rings. The molecule has 102 valence electrons. The molecule has 6 nitrogen and oxygen atoms in total. The first-order valence-corrected chi connectivity index (χ1v) is 5.47. The number of carbonyl (C=O) groups excluding carboxylic acids is 1. The zero-order valence-corrected chi connectivity index (χ0v) is 10.2. The van der Waals surface area contributed by atoms with Crippen LogP contribution in [0.1, 0.15) is 23.4 Å². The first-order chi connectivity index (χ1) is 8.54. The van der Waals surface area contributed by atoms with Crippen LogP contribution in [0.5, 0.6) is 0 Å². The lowest BCUT2D eigenvalue weighted by Gasteiger charge is -2.02. The standard InChI is InChI=1S/C10H15F2N3O3/c1-3-18-10(16)9-13-8(15(2)14-9)4-5-17-6-7(11)12/h7H,3-6H2,1-2H3. The third kappa shape index (κ3) is 4.36. The quantitative estimate of drug-likeness (QED) is 0.538. The van der Waals surface area contributed by atoms with E-state index in [4.69, 9.17) is 9.47 Å². The van der Waals surface area contributed by atoms with Gasteiger partial charge in [0.05, 0.1) is 13.2 Å². The maximum Gasteiger partial charge on any atom is 0.378 e. The number of hydrogen-bond donors (Lipinski definition) is 0. The Morgan fingerprint density at radius 3 is 2.83 bits per heavy atom. The fourth-order valence-electron chi connectivity index (χ4n) is 1.25. The maximum absolute atomic E-state index is 11.8. The summed E-state index contributed by atoms with van der Waals surface area (Å²) in [5.41, 5.74) is 0. The molecule has 0 aliphatic carbocycles. The number of aryl methyl sites for hydroxylation is 1. The smallest absolute Gasteiger partial charge is 0.378 e. The van der Waals surface area contributed by atoms with Crippen molar-refractivity contribution in [2.24, 2.45) is 7.05 Å². The van der Waals surface area contributed by atoms with Crippen molar-refractivity contribution in [3.63, 3.8) is 0 Å². The van der Waals surface area contributed by atoms with E-state index >= 15 is 0 Å². The molecule has 0 bridgehead atoms. The van der Waals surface area contributed by atoms with E-state index in [2.05, 4.69) is 10.1 Å². The van der Waals surface area contributed by atoms with Gasteiger partial charge >= 0.3 is 5.97 Å². The van der Waals surface area contributed by atoms with Crippen molar-refractivity contribution in [3.05, 3.63) is 11.6 Å². The molecule has 18 heavy (non-hydrogen) atoms. The topological polar surface area (TPSA) is 66.2 Å². The fraction of sp³-hybridized carbons (Fsp3) is 0.700. The number of ether oxygens (including phenoxy) is 2. The Labute approximate surface area is 103 Å². The van der Waals surface area contributed by atoms with Crippen LogP contribution in [-0.4, -0.2) is 47.0 Å². The van der Waals surface area contributed by atoms with E-state index in [-0.39, 0.29) is 19.0 Å². The highest BCUT2D eigenvalue weighted by atomic mass is 19.3. The molecule has 1 aromatic rings. The Hall–Kier alpha value is -1.57. The zero-order chi connectivity index (χ0) is 13.5. The van der Waals surface area contributed by atoms with Gasteiger partial charge in [0.25, 0.3) is 12.2 Å². The largest absolute Gasteiger partial charge is 0.460 e. The van der Waals surface area contributed by atoms with Gasteiger partial charge in [0.1, 0.15) is 12.4 Å². The second kappa shape index (κ2) is 7.00. The highest BCUT2D eigenvalue weighted by molar-refractivity contribution is 5.84. The minimum absolute atomic E-state index is 0.0387.